The number of nitro benzene ring substituents is 1. The molecule has 2 N–H and O–H groups in total. The number of methoxy groups -OCH3 is 2. The summed E-state index contributed by atoms with van der Waals surface area (Å²) in [4.78, 5) is 10.8. The van der Waals surface area contributed by atoms with Crippen LogP contribution in [-0.2, 0) is 10.0 Å². The van der Waals surface area contributed by atoms with E-state index in [4.69, 9.17) is 9.47 Å². The number of sulfonamides is 1. The van der Waals surface area contributed by atoms with Crippen LogP contribution in [0.2, 0.25) is 0 Å². The van der Waals surface area contributed by atoms with Crippen LogP contribution >= 0.6 is 0 Å². The number of nitro groups is 1. The molecule has 0 saturated heterocycles. The molecule has 4 aromatic carbocycles. The standard InChI is InChI=1S/C25H22N4O6S/c1-34-24-14-11-17-7-3-4-8-19(17)20(24)16-26-27-21-13-12-18(15-23(21)29(30)31)36(32,33)28-22-9-5-6-10-25(22)35-2/h3-16,27-28H,1-2H3/b26-16+. The lowest BCUT2D eigenvalue weighted by molar-refractivity contribution is -0.384. The van der Waals surface area contributed by atoms with Crippen LogP contribution in [-0.4, -0.2) is 33.8 Å². The van der Waals surface area contributed by atoms with Crippen molar-refractivity contribution in [2.45, 2.75) is 4.90 Å². The summed E-state index contributed by atoms with van der Waals surface area (Å²) in [5.41, 5.74) is 3.10. The lowest BCUT2D eigenvalue weighted by atomic mass is 10.0. The highest BCUT2D eigenvalue weighted by Crippen LogP contribution is 2.31. The van der Waals surface area contributed by atoms with Crippen molar-refractivity contribution in [1.29, 1.82) is 0 Å². The first-order valence-electron chi connectivity index (χ1n) is 10.6. The van der Waals surface area contributed by atoms with E-state index in [0.717, 1.165) is 16.8 Å². The minimum Gasteiger partial charge on any atom is -0.496 e. The van der Waals surface area contributed by atoms with E-state index in [2.05, 4.69) is 15.2 Å². The van der Waals surface area contributed by atoms with Gasteiger partial charge in [-0.3, -0.25) is 20.3 Å². The van der Waals surface area contributed by atoms with Crippen molar-refractivity contribution in [1.82, 2.24) is 0 Å². The van der Waals surface area contributed by atoms with Crippen molar-refractivity contribution in [2.24, 2.45) is 5.10 Å². The number of hydrogen-bond donors (Lipinski definition) is 2. The Morgan fingerprint density at radius 2 is 1.61 bits per heavy atom. The van der Waals surface area contributed by atoms with Crippen molar-refractivity contribution >= 4 is 44.1 Å². The second-order valence-corrected chi connectivity index (χ2v) is 9.20. The number of hydrazone groups is 1. The van der Waals surface area contributed by atoms with Crippen molar-refractivity contribution in [3.8, 4) is 11.5 Å². The Labute approximate surface area is 207 Å². The van der Waals surface area contributed by atoms with Crippen LogP contribution in [0, 0.1) is 10.1 Å². The van der Waals surface area contributed by atoms with Crippen molar-refractivity contribution in [3.05, 3.63) is 94.5 Å². The van der Waals surface area contributed by atoms with Crippen molar-refractivity contribution in [3.63, 3.8) is 0 Å². The van der Waals surface area contributed by atoms with E-state index in [1.807, 2.05) is 30.3 Å². The molecule has 0 spiro atoms. The highest BCUT2D eigenvalue weighted by atomic mass is 32.2. The Morgan fingerprint density at radius 3 is 2.36 bits per heavy atom. The van der Waals surface area contributed by atoms with E-state index in [1.165, 1.54) is 38.6 Å². The zero-order valence-corrected chi connectivity index (χ0v) is 20.2. The molecule has 0 bridgehead atoms. The van der Waals surface area contributed by atoms with Crippen molar-refractivity contribution in [2.75, 3.05) is 24.4 Å². The molecule has 36 heavy (non-hydrogen) atoms. The van der Waals surface area contributed by atoms with Crippen LogP contribution < -0.4 is 19.6 Å². The predicted octanol–water partition coefficient (Wildman–Crippen LogP) is 5.01. The average molecular weight is 507 g/mol. The quantitative estimate of drug-likeness (QED) is 0.185. The molecule has 11 heteroatoms. The fourth-order valence-electron chi connectivity index (χ4n) is 3.61. The molecule has 0 atom stereocenters. The molecule has 184 valence electrons. The van der Waals surface area contributed by atoms with Gasteiger partial charge < -0.3 is 9.47 Å². The smallest absolute Gasteiger partial charge is 0.295 e. The number of para-hydroxylation sites is 2. The Morgan fingerprint density at radius 1 is 0.889 bits per heavy atom. The van der Waals surface area contributed by atoms with Crippen LogP contribution in [0.4, 0.5) is 17.1 Å². The van der Waals surface area contributed by atoms with Gasteiger partial charge in [0.05, 0.1) is 35.9 Å². The largest absolute Gasteiger partial charge is 0.496 e. The monoisotopic (exact) mass is 506 g/mol. The Hall–Kier alpha value is -4.64. The van der Waals surface area contributed by atoms with Crippen LogP contribution in [0.1, 0.15) is 5.56 Å². The summed E-state index contributed by atoms with van der Waals surface area (Å²) in [7, 11) is -1.18. The lowest BCUT2D eigenvalue weighted by Gasteiger charge is -2.12. The maximum Gasteiger partial charge on any atom is 0.295 e. The summed E-state index contributed by atoms with van der Waals surface area (Å²) in [6.07, 6.45) is 1.50. The third kappa shape index (κ3) is 5.05. The number of fused-ring (bicyclic) bond motifs is 1. The molecule has 0 heterocycles. The molecule has 0 amide bonds. The number of ether oxygens (including phenoxy) is 2. The highest BCUT2D eigenvalue weighted by molar-refractivity contribution is 7.92. The van der Waals surface area contributed by atoms with Gasteiger partial charge in [0.2, 0.25) is 0 Å². The normalized spacial score (nSPS) is 11.4. The fraction of sp³-hybridized carbons (Fsp3) is 0.0800. The lowest BCUT2D eigenvalue weighted by Crippen LogP contribution is -2.14. The molecule has 0 aromatic heterocycles. The number of anilines is 2. The summed E-state index contributed by atoms with van der Waals surface area (Å²) in [5.74, 6) is 0.893. The molecule has 0 saturated carbocycles. The molecule has 0 aliphatic heterocycles. The minimum absolute atomic E-state index is 0.0201. The first kappa shape index (κ1) is 24.5. The van der Waals surface area contributed by atoms with Gasteiger partial charge in [0, 0.05) is 11.6 Å². The zero-order chi connectivity index (χ0) is 25.7. The summed E-state index contributed by atoms with van der Waals surface area (Å²) in [6.45, 7) is 0. The Bertz CT molecular complexity index is 1570. The highest BCUT2D eigenvalue weighted by Gasteiger charge is 2.22. The van der Waals surface area contributed by atoms with Crippen molar-refractivity contribution < 1.29 is 22.8 Å². The second kappa shape index (κ2) is 10.3. The van der Waals surface area contributed by atoms with Crippen LogP contribution in [0.25, 0.3) is 10.8 Å². The Kier molecular flexibility index (Phi) is 7.02. The number of nitrogens with zero attached hydrogens (tertiary/aromatic N) is 2. The van der Waals surface area contributed by atoms with E-state index in [0.29, 0.717) is 17.1 Å². The summed E-state index contributed by atoms with van der Waals surface area (Å²) >= 11 is 0. The second-order valence-electron chi connectivity index (χ2n) is 7.51. The van der Waals surface area contributed by atoms with E-state index in [-0.39, 0.29) is 16.3 Å². The number of nitrogens with one attached hydrogen (secondary N) is 2. The van der Waals surface area contributed by atoms with Gasteiger partial charge in [-0.15, -0.1) is 0 Å². The van der Waals surface area contributed by atoms with Crippen LogP contribution in [0.5, 0.6) is 11.5 Å². The number of benzene rings is 4. The molecule has 0 aliphatic rings. The van der Waals surface area contributed by atoms with Gasteiger partial charge >= 0.3 is 0 Å². The third-order valence-electron chi connectivity index (χ3n) is 5.36. The maximum atomic E-state index is 12.9. The molecule has 0 aliphatic carbocycles. The summed E-state index contributed by atoms with van der Waals surface area (Å²) in [5, 5.41) is 17.7. The SMILES string of the molecule is COc1ccccc1NS(=O)(=O)c1ccc(N/N=C/c2c(OC)ccc3ccccc23)c([N+](=O)[O-])c1. The first-order chi connectivity index (χ1) is 17.3. The van der Waals surface area contributed by atoms with Gasteiger partial charge in [0.1, 0.15) is 17.2 Å². The molecule has 0 fully saturated rings. The van der Waals surface area contributed by atoms with Gasteiger partial charge in [0.25, 0.3) is 15.7 Å². The van der Waals surface area contributed by atoms with E-state index in [1.54, 1.807) is 24.3 Å². The Balaban J connectivity index is 1.63. The van der Waals surface area contributed by atoms with Gasteiger partial charge in [-0.25, -0.2) is 8.42 Å². The molecular formula is C25H22N4O6S. The predicted molar refractivity (Wildman–Crippen MR) is 139 cm³/mol. The van der Waals surface area contributed by atoms with E-state index in [9.17, 15) is 18.5 Å². The number of rotatable bonds is 9. The zero-order valence-electron chi connectivity index (χ0n) is 19.3. The third-order valence-corrected chi connectivity index (χ3v) is 6.72. The molecule has 0 unspecified atom stereocenters. The van der Waals surface area contributed by atoms with E-state index < -0.39 is 20.6 Å². The average Bonchev–Trinajstić information content (AvgIpc) is 2.88. The first-order valence-corrected chi connectivity index (χ1v) is 12.1. The van der Waals surface area contributed by atoms with Crippen LogP contribution in [0.15, 0.2) is 88.9 Å². The minimum atomic E-state index is -4.13. The summed E-state index contributed by atoms with van der Waals surface area (Å²) in [6, 6.07) is 21.3. The van der Waals surface area contributed by atoms with Crippen LogP contribution in [0.3, 0.4) is 0 Å². The molecule has 4 rings (SSSR count). The van der Waals surface area contributed by atoms with Gasteiger partial charge in [-0.05, 0) is 41.1 Å². The summed E-state index contributed by atoms with van der Waals surface area (Å²) < 4.78 is 38.8. The van der Waals surface area contributed by atoms with E-state index >= 15 is 0 Å². The fourth-order valence-corrected chi connectivity index (χ4v) is 4.70. The molecule has 10 nitrogen and oxygen atoms in total. The van der Waals surface area contributed by atoms with Gasteiger partial charge in [-0.1, -0.05) is 42.5 Å². The topological polar surface area (TPSA) is 132 Å². The maximum absolute atomic E-state index is 12.9. The number of hydrogen-bond acceptors (Lipinski definition) is 8. The molecular weight excluding hydrogens is 484 g/mol. The van der Waals surface area contributed by atoms with Gasteiger partial charge in [0.15, 0.2) is 0 Å². The molecule has 4 aromatic rings. The molecule has 0 radical (unpaired) electrons. The van der Waals surface area contributed by atoms with Gasteiger partial charge in [-0.2, -0.15) is 5.10 Å².